The second-order valence-electron chi connectivity index (χ2n) is 8.06. The van der Waals surface area contributed by atoms with Crippen molar-refractivity contribution >= 4 is 75.7 Å². The highest BCUT2D eigenvalue weighted by atomic mass is 35.5. The van der Waals surface area contributed by atoms with Gasteiger partial charge in [-0.15, -0.1) is 24.2 Å². The van der Waals surface area contributed by atoms with Gasteiger partial charge in [-0.05, 0) is 6.42 Å². The first-order valence-corrected chi connectivity index (χ1v) is 13.7. The molecule has 0 heterocycles. The minimum atomic E-state index is -2.03. The Hall–Kier alpha value is 1.47. The summed E-state index contributed by atoms with van der Waals surface area (Å²) in [6.45, 7) is 2.27. The second kappa shape index (κ2) is 18.0. The van der Waals surface area contributed by atoms with Crippen molar-refractivity contribution in [1.29, 1.82) is 0 Å². The van der Waals surface area contributed by atoms with Crippen molar-refractivity contribution in [2.24, 2.45) is 0 Å². The zero-order chi connectivity index (χ0) is 22.2. The van der Waals surface area contributed by atoms with Crippen molar-refractivity contribution in [1.82, 2.24) is 0 Å². The number of carbonyl (C=O) groups is 1. The molecule has 0 saturated heterocycles. The van der Waals surface area contributed by atoms with E-state index in [1.807, 2.05) is 0 Å². The molecule has 7 heteroatoms. The summed E-state index contributed by atoms with van der Waals surface area (Å²) < 4.78 is -3.80. The molecule has 0 aliphatic heterocycles. The van der Waals surface area contributed by atoms with Gasteiger partial charge in [0.15, 0.2) is 4.33 Å². The smallest absolute Gasteiger partial charge is 0.225 e. The number of unbranched alkanes of at least 4 members (excludes halogenated alkanes) is 15. The van der Waals surface area contributed by atoms with E-state index in [0.717, 1.165) is 19.3 Å². The molecule has 0 aromatic carbocycles. The number of hydrogen-bond acceptors (Lipinski definition) is 1. The Morgan fingerprint density at radius 3 is 1.31 bits per heavy atom. The summed E-state index contributed by atoms with van der Waals surface area (Å²) in [4.78, 5) is 11.4. The lowest BCUT2D eigenvalue weighted by Crippen LogP contribution is -2.47. The van der Waals surface area contributed by atoms with E-state index in [-0.39, 0.29) is 0 Å². The van der Waals surface area contributed by atoms with Gasteiger partial charge in [0.2, 0.25) is 9.45 Å². The molecule has 0 rings (SSSR count). The van der Waals surface area contributed by atoms with E-state index < -0.39 is 19.2 Å². The quantitative estimate of drug-likeness (QED) is 0.0945. The lowest BCUT2D eigenvalue weighted by molar-refractivity contribution is -0.111. The molecule has 0 aromatic rings. The van der Waals surface area contributed by atoms with Crippen LogP contribution in [0.4, 0.5) is 0 Å². The van der Waals surface area contributed by atoms with Gasteiger partial charge in [-0.2, -0.15) is 0 Å². The fourth-order valence-electron chi connectivity index (χ4n) is 3.39. The van der Waals surface area contributed by atoms with Gasteiger partial charge in [0.05, 0.1) is 5.38 Å². The Morgan fingerprint density at radius 1 is 0.690 bits per heavy atom. The molecular weight excluding hydrogens is 490 g/mol. The first-order chi connectivity index (χ1) is 13.7. The summed E-state index contributed by atoms with van der Waals surface area (Å²) in [5.74, 6) is 0. The van der Waals surface area contributed by atoms with Crippen molar-refractivity contribution < 1.29 is 4.79 Å². The molecule has 0 aliphatic rings. The third kappa shape index (κ3) is 13.6. The van der Waals surface area contributed by atoms with E-state index in [1.54, 1.807) is 0 Å². The van der Waals surface area contributed by atoms with Gasteiger partial charge in [-0.1, -0.05) is 156 Å². The van der Waals surface area contributed by atoms with Crippen LogP contribution in [0.3, 0.4) is 0 Å². The molecule has 0 N–H and O–H groups in total. The first-order valence-electron chi connectivity index (χ1n) is 11.3. The van der Waals surface area contributed by atoms with Crippen LogP contribution in [0.2, 0.25) is 0 Å². The Bertz CT molecular complexity index is 418. The van der Waals surface area contributed by atoms with Gasteiger partial charge in [0.25, 0.3) is 0 Å². The fraction of sp³-hybridized carbons (Fsp3) is 0.955. The molecule has 0 fully saturated rings. The van der Waals surface area contributed by atoms with E-state index in [1.165, 1.54) is 83.5 Å². The predicted octanol–water partition coefficient (Wildman–Crippen LogP) is 10.0. The van der Waals surface area contributed by atoms with Gasteiger partial charge in [-0.3, -0.25) is 4.79 Å². The van der Waals surface area contributed by atoms with Crippen molar-refractivity contribution in [3.8, 4) is 0 Å². The number of alkyl halides is 5. The zero-order valence-electron chi connectivity index (χ0n) is 17.8. The molecule has 174 valence electrons. The molecule has 0 aliphatic carbocycles. The molecule has 0 spiro atoms. The predicted molar refractivity (Wildman–Crippen MR) is 137 cm³/mol. The van der Waals surface area contributed by atoms with Crippen LogP contribution in [0.15, 0.2) is 0 Å². The number of thiol groups is 1. The van der Waals surface area contributed by atoms with Crippen LogP contribution in [0, 0.1) is 0 Å². The highest BCUT2D eigenvalue weighted by molar-refractivity contribution is 7.97. The van der Waals surface area contributed by atoms with E-state index in [0.29, 0.717) is 6.42 Å². The van der Waals surface area contributed by atoms with E-state index in [2.05, 4.69) is 19.6 Å². The molecule has 0 amide bonds. The zero-order valence-corrected chi connectivity index (χ0v) is 22.5. The van der Waals surface area contributed by atoms with Gasteiger partial charge in [0.1, 0.15) is 0 Å². The van der Waals surface area contributed by atoms with Gasteiger partial charge in [0, 0.05) is 0 Å². The summed E-state index contributed by atoms with van der Waals surface area (Å²) in [6, 6.07) is 0. The van der Waals surface area contributed by atoms with Crippen LogP contribution in [0.25, 0.3) is 0 Å². The maximum atomic E-state index is 11.4. The maximum absolute atomic E-state index is 11.4. The van der Waals surface area contributed by atoms with E-state index >= 15 is 0 Å². The molecule has 1 unspecified atom stereocenters. The fourth-order valence-corrected chi connectivity index (χ4v) is 4.78. The van der Waals surface area contributed by atoms with Crippen LogP contribution in [0.5, 0.6) is 0 Å². The Kier molecular flexibility index (Phi) is 18.9. The standard InChI is InChI=1S/C22H39Cl5OS/c1-2-3-4-5-6-7-8-9-10-11-12-13-14-15-16-17-18-19(23)21(24,25)22(26,27)20(28)29/h19H,2-18H2,1H3,(H,28,29). The lowest BCUT2D eigenvalue weighted by Gasteiger charge is -2.33. The summed E-state index contributed by atoms with van der Waals surface area (Å²) in [5, 5.41) is -1.52. The minimum Gasteiger partial charge on any atom is -0.284 e. The van der Waals surface area contributed by atoms with Crippen LogP contribution >= 0.6 is 70.6 Å². The highest BCUT2D eigenvalue weighted by Gasteiger charge is 2.55. The molecule has 0 saturated carbocycles. The average Bonchev–Trinajstić information content (AvgIpc) is 2.67. The largest absolute Gasteiger partial charge is 0.284 e. The van der Waals surface area contributed by atoms with Gasteiger partial charge in [-0.25, -0.2) is 0 Å². The number of hydrogen-bond donors (Lipinski definition) is 1. The minimum absolute atomic E-state index is 0.551. The average molecular weight is 529 g/mol. The Morgan fingerprint density at radius 2 is 1.00 bits per heavy atom. The molecule has 0 bridgehead atoms. The maximum Gasteiger partial charge on any atom is 0.225 e. The first kappa shape index (κ1) is 30.5. The Labute approximate surface area is 209 Å². The molecule has 0 radical (unpaired) electrons. The highest BCUT2D eigenvalue weighted by Crippen LogP contribution is 2.49. The summed E-state index contributed by atoms with van der Waals surface area (Å²) in [7, 11) is 0. The van der Waals surface area contributed by atoms with Crippen LogP contribution in [-0.4, -0.2) is 19.2 Å². The number of carbonyl (C=O) groups excluding carboxylic acids is 1. The molecule has 1 atom stereocenters. The molecule has 0 aromatic heterocycles. The molecule has 1 nitrogen and oxygen atoms in total. The SMILES string of the molecule is CCCCCCCCCCCCCCCCCCC(Cl)C(Cl)(Cl)C(Cl)(Cl)C(=O)S. The third-order valence-corrected chi connectivity index (χ3v) is 9.18. The van der Waals surface area contributed by atoms with Crippen LogP contribution in [-0.2, 0) is 4.79 Å². The van der Waals surface area contributed by atoms with Crippen molar-refractivity contribution in [3.05, 3.63) is 0 Å². The normalized spacial score (nSPS) is 13.6. The second-order valence-corrected chi connectivity index (χ2v) is 11.7. The number of rotatable bonds is 20. The van der Waals surface area contributed by atoms with Gasteiger partial charge >= 0.3 is 0 Å². The summed E-state index contributed by atoms with van der Waals surface area (Å²) >= 11 is 34.0. The third-order valence-electron chi connectivity index (χ3n) is 5.39. The molecular formula is C22H39Cl5OS. The van der Waals surface area contributed by atoms with Crippen molar-refractivity contribution in [2.75, 3.05) is 0 Å². The monoisotopic (exact) mass is 526 g/mol. The van der Waals surface area contributed by atoms with E-state index in [9.17, 15) is 4.79 Å². The number of halogens is 5. The summed E-state index contributed by atoms with van der Waals surface area (Å²) in [5.41, 5.74) is 0. The van der Waals surface area contributed by atoms with Crippen LogP contribution in [0.1, 0.15) is 116 Å². The van der Waals surface area contributed by atoms with Gasteiger partial charge < -0.3 is 0 Å². The topological polar surface area (TPSA) is 17.1 Å². The van der Waals surface area contributed by atoms with Crippen LogP contribution < -0.4 is 0 Å². The summed E-state index contributed by atoms with van der Waals surface area (Å²) in [6.07, 6.45) is 21.4. The lowest BCUT2D eigenvalue weighted by atomic mass is 10.0. The molecule has 29 heavy (non-hydrogen) atoms. The van der Waals surface area contributed by atoms with Crippen molar-refractivity contribution in [3.63, 3.8) is 0 Å². The van der Waals surface area contributed by atoms with Crippen molar-refractivity contribution in [2.45, 2.75) is 130 Å². The Balaban J connectivity index is 3.53. The van der Waals surface area contributed by atoms with E-state index in [4.69, 9.17) is 58.0 Å².